The van der Waals surface area contributed by atoms with Gasteiger partial charge >= 0.3 is 6.03 Å². The minimum absolute atomic E-state index is 0.119. The Bertz CT molecular complexity index is 713. The van der Waals surface area contributed by atoms with E-state index in [0.29, 0.717) is 21.8 Å². The van der Waals surface area contributed by atoms with Gasteiger partial charge in [-0.2, -0.15) is 0 Å². The lowest BCUT2D eigenvalue weighted by Crippen LogP contribution is -2.38. The molecule has 1 aliphatic rings. The topological polar surface area (TPSA) is 109 Å². The number of hydrogen-bond acceptors (Lipinski definition) is 7. The molecule has 3 amide bonds. The maximum Gasteiger partial charge on any atom is 0.321 e. The van der Waals surface area contributed by atoms with Gasteiger partial charge in [-0.05, 0) is 25.0 Å². The van der Waals surface area contributed by atoms with Crippen LogP contribution < -0.4 is 16.0 Å². The Morgan fingerprint density at radius 3 is 2.88 bits per heavy atom. The fourth-order valence-electron chi connectivity index (χ4n) is 2.66. The van der Waals surface area contributed by atoms with Gasteiger partial charge in [0, 0.05) is 6.04 Å². The molecule has 0 spiro atoms. The van der Waals surface area contributed by atoms with Crippen molar-refractivity contribution in [1.29, 1.82) is 0 Å². The molecule has 26 heavy (non-hydrogen) atoms. The maximum atomic E-state index is 12.0. The molecule has 2 heterocycles. The molecule has 3 rings (SSSR count). The van der Waals surface area contributed by atoms with Crippen LogP contribution in [0.3, 0.4) is 0 Å². The maximum absolute atomic E-state index is 12.0. The first-order valence-corrected chi connectivity index (χ1v) is 10.3. The summed E-state index contributed by atoms with van der Waals surface area (Å²) < 4.78 is 5.78. The monoisotopic (exact) mass is 395 g/mol. The number of hydrogen-bond donors (Lipinski definition) is 3. The van der Waals surface area contributed by atoms with Crippen molar-refractivity contribution in [3.63, 3.8) is 0 Å². The number of urea groups is 1. The van der Waals surface area contributed by atoms with Crippen molar-refractivity contribution in [1.82, 2.24) is 20.8 Å². The van der Waals surface area contributed by atoms with Crippen LogP contribution in [0, 0.1) is 0 Å². The molecule has 10 heteroatoms. The van der Waals surface area contributed by atoms with Crippen molar-refractivity contribution in [2.24, 2.45) is 0 Å². The highest BCUT2D eigenvalue weighted by molar-refractivity contribution is 8.01. The number of furan rings is 1. The summed E-state index contributed by atoms with van der Waals surface area (Å²) in [5.74, 6) is 0.810. The zero-order chi connectivity index (χ0) is 18.2. The number of amides is 3. The number of anilines is 1. The summed E-state index contributed by atoms with van der Waals surface area (Å²) in [6, 6.07) is 3.56. The molecule has 3 N–H and O–H groups in total. The molecule has 0 saturated heterocycles. The van der Waals surface area contributed by atoms with Crippen LogP contribution in [0.1, 0.15) is 37.9 Å². The Kier molecular flexibility index (Phi) is 6.89. The van der Waals surface area contributed by atoms with E-state index in [1.54, 1.807) is 18.4 Å². The Labute approximate surface area is 159 Å². The Balaban J connectivity index is 1.37. The van der Waals surface area contributed by atoms with Crippen molar-refractivity contribution >= 4 is 40.2 Å². The number of nitrogens with one attached hydrogen (secondary N) is 3. The van der Waals surface area contributed by atoms with Gasteiger partial charge in [-0.15, -0.1) is 10.2 Å². The zero-order valence-corrected chi connectivity index (χ0v) is 15.8. The lowest BCUT2D eigenvalue weighted by Gasteiger charge is -2.22. The summed E-state index contributed by atoms with van der Waals surface area (Å²) in [4.78, 5) is 23.8. The molecule has 0 bridgehead atoms. The van der Waals surface area contributed by atoms with E-state index in [1.807, 2.05) is 0 Å². The standard InChI is InChI=1S/C16H21N5O3S2/c22-13(17-9-12-7-4-8-24-12)10-25-16-21-20-15(26-16)19-14(23)18-11-5-2-1-3-6-11/h4,7-8,11H,1-3,5-6,9-10H2,(H,17,22)(H2,18,19,20,23). The van der Waals surface area contributed by atoms with Crippen LogP contribution in [-0.2, 0) is 11.3 Å². The van der Waals surface area contributed by atoms with Gasteiger partial charge in [-0.25, -0.2) is 4.79 Å². The number of aromatic nitrogens is 2. The Hall–Kier alpha value is -2.07. The molecule has 0 radical (unpaired) electrons. The lowest BCUT2D eigenvalue weighted by molar-refractivity contribution is -0.118. The number of carbonyl (C=O) groups is 2. The highest BCUT2D eigenvalue weighted by Crippen LogP contribution is 2.25. The first-order chi connectivity index (χ1) is 12.7. The molecule has 0 atom stereocenters. The number of thioether (sulfide) groups is 1. The van der Waals surface area contributed by atoms with Gasteiger partial charge in [0.1, 0.15) is 5.76 Å². The summed E-state index contributed by atoms with van der Waals surface area (Å²) >= 11 is 2.53. The van der Waals surface area contributed by atoms with Crippen molar-refractivity contribution < 1.29 is 14.0 Å². The summed E-state index contributed by atoms with van der Waals surface area (Å²) in [7, 11) is 0. The van der Waals surface area contributed by atoms with Crippen LogP contribution in [0.15, 0.2) is 27.2 Å². The first-order valence-electron chi connectivity index (χ1n) is 8.52. The fourth-order valence-corrected chi connectivity index (χ4v) is 4.24. The summed E-state index contributed by atoms with van der Waals surface area (Å²) in [6.45, 7) is 0.358. The van der Waals surface area contributed by atoms with E-state index in [4.69, 9.17) is 4.42 Å². The van der Waals surface area contributed by atoms with E-state index < -0.39 is 0 Å². The molecule has 140 valence electrons. The van der Waals surface area contributed by atoms with Crippen molar-refractivity contribution in [3.8, 4) is 0 Å². The van der Waals surface area contributed by atoms with E-state index in [9.17, 15) is 9.59 Å². The molecule has 2 aromatic heterocycles. The second kappa shape index (κ2) is 9.58. The predicted octanol–water partition coefficient (Wildman–Crippen LogP) is 2.99. The van der Waals surface area contributed by atoms with Gasteiger partial charge in [0.15, 0.2) is 4.34 Å². The molecule has 1 aliphatic carbocycles. The smallest absolute Gasteiger partial charge is 0.321 e. The molecular weight excluding hydrogens is 374 g/mol. The molecule has 8 nitrogen and oxygen atoms in total. The number of rotatable bonds is 7. The Morgan fingerprint density at radius 2 is 2.12 bits per heavy atom. The third kappa shape index (κ3) is 6.03. The van der Waals surface area contributed by atoms with Crippen LogP contribution >= 0.6 is 23.1 Å². The second-order valence-corrected chi connectivity index (χ2v) is 8.15. The SMILES string of the molecule is O=C(CSc1nnc(NC(=O)NC2CCCCC2)s1)NCc1ccco1. The number of carbonyl (C=O) groups excluding carboxylic acids is 2. The van der Waals surface area contributed by atoms with E-state index in [2.05, 4.69) is 26.1 Å². The summed E-state index contributed by atoms with van der Waals surface area (Å²) in [5.41, 5.74) is 0. The van der Waals surface area contributed by atoms with E-state index in [1.165, 1.54) is 29.5 Å². The average Bonchev–Trinajstić information content (AvgIpc) is 3.31. The number of nitrogens with zero attached hydrogens (tertiary/aromatic N) is 2. The molecular formula is C16H21N5O3S2. The second-order valence-electron chi connectivity index (χ2n) is 5.95. The lowest BCUT2D eigenvalue weighted by atomic mass is 9.96. The molecule has 0 aliphatic heterocycles. The summed E-state index contributed by atoms with van der Waals surface area (Å²) in [6.07, 6.45) is 7.18. The predicted molar refractivity (Wildman–Crippen MR) is 100 cm³/mol. The quantitative estimate of drug-likeness (QED) is 0.491. The minimum atomic E-state index is -0.249. The van der Waals surface area contributed by atoms with Gasteiger partial charge in [0.25, 0.3) is 0 Å². The van der Waals surface area contributed by atoms with Gasteiger partial charge in [-0.1, -0.05) is 42.4 Å². The van der Waals surface area contributed by atoms with E-state index in [0.717, 1.165) is 25.7 Å². The first kappa shape index (κ1) is 18.7. The van der Waals surface area contributed by atoms with Crippen LogP contribution in [0.5, 0.6) is 0 Å². The summed E-state index contributed by atoms with van der Waals surface area (Å²) in [5, 5.41) is 16.8. The third-order valence-corrected chi connectivity index (χ3v) is 5.91. The molecule has 0 unspecified atom stereocenters. The van der Waals surface area contributed by atoms with Gasteiger partial charge in [-0.3, -0.25) is 10.1 Å². The van der Waals surface area contributed by atoms with E-state index >= 15 is 0 Å². The minimum Gasteiger partial charge on any atom is -0.467 e. The van der Waals surface area contributed by atoms with Crippen molar-refractivity contribution in [2.45, 2.75) is 49.0 Å². The normalized spacial score (nSPS) is 14.8. The molecule has 0 aromatic carbocycles. The van der Waals surface area contributed by atoms with Gasteiger partial charge < -0.3 is 15.1 Å². The van der Waals surface area contributed by atoms with Gasteiger partial charge in [0.2, 0.25) is 11.0 Å². The van der Waals surface area contributed by atoms with Crippen LogP contribution in [0.4, 0.5) is 9.93 Å². The fraction of sp³-hybridized carbons (Fsp3) is 0.500. The Morgan fingerprint density at radius 1 is 1.27 bits per heavy atom. The van der Waals surface area contributed by atoms with Crippen molar-refractivity contribution in [3.05, 3.63) is 24.2 Å². The molecule has 1 saturated carbocycles. The van der Waals surface area contributed by atoms with Crippen molar-refractivity contribution in [2.75, 3.05) is 11.1 Å². The largest absolute Gasteiger partial charge is 0.467 e. The van der Waals surface area contributed by atoms with Crippen LogP contribution in [0.2, 0.25) is 0 Å². The highest BCUT2D eigenvalue weighted by Gasteiger charge is 2.17. The molecule has 2 aromatic rings. The zero-order valence-electron chi connectivity index (χ0n) is 14.2. The average molecular weight is 396 g/mol. The third-order valence-electron chi connectivity index (χ3n) is 3.93. The highest BCUT2D eigenvalue weighted by atomic mass is 32.2. The van der Waals surface area contributed by atoms with Crippen LogP contribution in [0.25, 0.3) is 0 Å². The van der Waals surface area contributed by atoms with Crippen LogP contribution in [-0.4, -0.2) is 33.9 Å². The van der Waals surface area contributed by atoms with E-state index in [-0.39, 0.29) is 23.7 Å². The van der Waals surface area contributed by atoms with Gasteiger partial charge in [0.05, 0.1) is 18.6 Å². The molecule has 1 fully saturated rings.